The van der Waals surface area contributed by atoms with Crippen molar-refractivity contribution in [2.75, 3.05) is 33.9 Å². The van der Waals surface area contributed by atoms with Crippen LogP contribution in [0.15, 0.2) is 0 Å². The molecule has 0 bridgehead atoms. The molecule has 0 saturated heterocycles. The van der Waals surface area contributed by atoms with Crippen LogP contribution in [-0.2, 0) is 4.74 Å². The Labute approximate surface area is 81.3 Å². The summed E-state index contributed by atoms with van der Waals surface area (Å²) in [5.41, 5.74) is -0.207. The lowest BCUT2D eigenvalue weighted by Crippen LogP contribution is -2.27. The van der Waals surface area contributed by atoms with Crippen molar-refractivity contribution in [2.24, 2.45) is 5.41 Å². The van der Waals surface area contributed by atoms with E-state index >= 15 is 0 Å². The van der Waals surface area contributed by atoms with Gasteiger partial charge in [0.25, 0.3) is 0 Å². The first-order valence-corrected chi connectivity index (χ1v) is 4.60. The molecule has 13 heavy (non-hydrogen) atoms. The predicted octanol–water partition coefficient (Wildman–Crippen LogP) is 1.50. The Morgan fingerprint density at radius 2 is 2.00 bits per heavy atom. The van der Waals surface area contributed by atoms with E-state index in [0.29, 0.717) is 0 Å². The summed E-state index contributed by atoms with van der Waals surface area (Å²) in [5.74, 6) is 0. The second-order valence-corrected chi connectivity index (χ2v) is 4.04. The number of hydrogen-bond acceptors (Lipinski definition) is 3. The van der Waals surface area contributed by atoms with Crippen LogP contribution in [0.2, 0.25) is 0 Å². The van der Waals surface area contributed by atoms with Gasteiger partial charge in [0.1, 0.15) is 0 Å². The molecule has 3 heteroatoms. The lowest BCUT2D eigenvalue weighted by Gasteiger charge is -2.21. The summed E-state index contributed by atoms with van der Waals surface area (Å²) in [6.07, 6.45) is 0.906. The average Bonchev–Trinajstić information content (AvgIpc) is 2.11. The highest BCUT2D eigenvalue weighted by atomic mass is 16.5. The van der Waals surface area contributed by atoms with Crippen LogP contribution in [0.1, 0.15) is 20.3 Å². The number of nitrogens with zero attached hydrogens (tertiary/aromatic N) is 2. The molecule has 0 amide bonds. The molecular weight excluding hydrogens is 164 g/mol. The molecule has 0 aliphatic heterocycles. The van der Waals surface area contributed by atoms with Gasteiger partial charge >= 0.3 is 0 Å². The lowest BCUT2D eigenvalue weighted by atomic mass is 9.91. The van der Waals surface area contributed by atoms with Crippen molar-refractivity contribution >= 4 is 0 Å². The zero-order chi connectivity index (χ0) is 10.3. The molecule has 0 aromatic rings. The smallest absolute Gasteiger partial charge is 0.0684 e. The van der Waals surface area contributed by atoms with Gasteiger partial charge in [0, 0.05) is 13.7 Å². The predicted molar refractivity (Wildman–Crippen MR) is 53.4 cm³/mol. The summed E-state index contributed by atoms with van der Waals surface area (Å²) in [7, 11) is 3.75. The van der Waals surface area contributed by atoms with E-state index in [9.17, 15) is 0 Å². The van der Waals surface area contributed by atoms with E-state index < -0.39 is 0 Å². The fourth-order valence-electron chi connectivity index (χ4n) is 0.885. The summed E-state index contributed by atoms with van der Waals surface area (Å²) < 4.78 is 4.96. The number of nitriles is 1. The molecular formula is C10H20N2O. The minimum Gasteiger partial charge on any atom is -0.383 e. The molecule has 0 aliphatic carbocycles. The Morgan fingerprint density at radius 1 is 1.38 bits per heavy atom. The fraction of sp³-hybridized carbons (Fsp3) is 0.900. The minimum absolute atomic E-state index is 0.207. The largest absolute Gasteiger partial charge is 0.383 e. The van der Waals surface area contributed by atoms with Crippen molar-refractivity contribution in [3.8, 4) is 6.07 Å². The topological polar surface area (TPSA) is 36.3 Å². The third kappa shape index (κ3) is 6.56. The standard InChI is InChI=1S/C10H20N2O/c1-10(2,9-11)5-6-12(3)7-8-13-4/h5-8H2,1-4H3. The maximum absolute atomic E-state index is 8.79. The Morgan fingerprint density at radius 3 is 2.46 bits per heavy atom. The Bertz CT molecular complexity index is 172. The minimum atomic E-state index is -0.207. The highest BCUT2D eigenvalue weighted by Gasteiger charge is 2.16. The van der Waals surface area contributed by atoms with Gasteiger partial charge in [-0.05, 0) is 33.9 Å². The van der Waals surface area contributed by atoms with E-state index in [1.54, 1.807) is 7.11 Å². The van der Waals surface area contributed by atoms with Crippen LogP contribution >= 0.6 is 0 Å². The number of likely N-dealkylation sites (N-methyl/N-ethyl adjacent to an activating group) is 1. The molecule has 0 aliphatic rings. The molecule has 0 aromatic heterocycles. The van der Waals surface area contributed by atoms with Crippen LogP contribution in [0.4, 0.5) is 0 Å². The van der Waals surface area contributed by atoms with E-state index in [-0.39, 0.29) is 5.41 Å². The van der Waals surface area contributed by atoms with Crippen molar-refractivity contribution in [2.45, 2.75) is 20.3 Å². The van der Waals surface area contributed by atoms with Gasteiger partial charge in [-0.15, -0.1) is 0 Å². The van der Waals surface area contributed by atoms with Crippen LogP contribution in [0.3, 0.4) is 0 Å². The molecule has 0 spiro atoms. The fourth-order valence-corrected chi connectivity index (χ4v) is 0.885. The second kappa shape index (κ2) is 5.95. The van der Waals surface area contributed by atoms with Gasteiger partial charge < -0.3 is 9.64 Å². The van der Waals surface area contributed by atoms with Gasteiger partial charge in [0.15, 0.2) is 0 Å². The van der Waals surface area contributed by atoms with Crippen molar-refractivity contribution < 1.29 is 4.74 Å². The molecule has 0 unspecified atom stereocenters. The molecule has 0 rings (SSSR count). The third-order valence-corrected chi connectivity index (χ3v) is 2.10. The summed E-state index contributed by atoms with van der Waals surface area (Å²) in [4.78, 5) is 2.18. The number of rotatable bonds is 6. The average molecular weight is 184 g/mol. The van der Waals surface area contributed by atoms with Gasteiger partial charge in [0.05, 0.1) is 18.1 Å². The molecule has 0 N–H and O–H groups in total. The van der Waals surface area contributed by atoms with Gasteiger partial charge in [-0.25, -0.2) is 0 Å². The third-order valence-electron chi connectivity index (χ3n) is 2.10. The number of methoxy groups -OCH3 is 1. The maximum atomic E-state index is 8.79. The first kappa shape index (κ1) is 12.4. The van der Waals surface area contributed by atoms with E-state index in [0.717, 1.165) is 26.1 Å². The molecule has 3 nitrogen and oxygen atoms in total. The van der Waals surface area contributed by atoms with Gasteiger partial charge in [0.2, 0.25) is 0 Å². The van der Waals surface area contributed by atoms with Crippen molar-refractivity contribution in [1.82, 2.24) is 4.90 Å². The monoisotopic (exact) mass is 184 g/mol. The molecule has 0 heterocycles. The molecule has 0 fully saturated rings. The van der Waals surface area contributed by atoms with Crippen molar-refractivity contribution in [3.63, 3.8) is 0 Å². The summed E-state index contributed by atoms with van der Waals surface area (Å²) in [5, 5.41) is 8.79. The zero-order valence-electron chi connectivity index (χ0n) is 9.13. The Kier molecular flexibility index (Phi) is 5.68. The van der Waals surface area contributed by atoms with Crippen molar-refractivity contribution in [3.05, 3.63) is 0 Å². The number of ether oxygens (including phenoxy) is 1. The van der Waals surface area contributed by atoms with Gasteiger partial charge in [-0.3, -0.25) is 0 Å². The van der Waals surface area contributed by atoms with Crippen LogP contribution in [0.25, 0.3) is 0 Å². The first-order chi connectivity index (χ1) is 6.02. The highest BCUT2D eigenvalue weighted by molar-refractivity contribution is 4.91. The van der Waals surface area contributed by atoms with Crippen molar-refractivity contribution in [1.29, 1.82) is 5.26 Å². The summed E-state index contributed by atoms with van der Waals surface area (Å²) in [6, 6.07) is 2.29. The zero-order valence-corrected chi connectivity index (χ0v) is 9.13. The Balaban J connectivity index is 3.58. The van der Waals surface area contributed by atoms with Crippen LogP contribution in [0.5, 0.6) is 0 Å². The normalized spacial score (nSPS) is 11.7. The SMILES string of the molecule is COCCN(C)CCC(C)(C)C#N. The van der Waals surface area contributed by atoms with E-state index in [1.165, 1.54) is 0 Å². The first-order valence-electron chi connectivity index (χ1n) is 4.60. The van der Waals surface area contributed by atoms with Crippen LogP contribution in [-0.4, -0.2) is 38.8 Å². The van der Waals surface area contributed by atoms with E-state index in [2.05, 4.69) is 11.0 Å². The molecule has 0 radical (unpaired) electrons. The molecule has 0 saturated carbocycles. The van der Waals surface area contributed by atoms with Gasteiger partial charge in [-0.1, -0.05) is 0 Å². The molecule has 0 aromatic carbocycles. The lowest BCUT2D eigenvalue weighted by molar-refractivity contribution is 0.156. The Hall–Kier alpha value is -0.590. The summed E-state index contributed by atoms with van der Waals surface area (Å²) >= 11 is 0. The molecule has 76 valence electrons. The van der Waals surface area contributed by atoms with Crippen LogP contribution < -0.4 is 0 Å². The maximum Gasteiger partial charge on any atom is 0.0684 e. The number of hydrogen-bond donors (Lipinski definition) is 0. The second-order valence-electron chi connectivity index (χ2n) is 4.04. The summed E-state index contributed by atoms with van der Waals surface area (Å²) in [6.45, 7) is 6.57. The molecule has 0 atom stereocenters. The van der Waals surface area contributed by atoms with E-state index in [1.807, 2.05) is 20.9 Å². The van der Waals surface area contributed by atoms with Gasteiger partial charge in [-0.2, -0.15) is 5.26 Å². The quantitative estimate of drug-likeness (QED) is 0.627. The highest BCUT2D eigenvalue weighted by Crippen LogP contribution is 2.18. The van der Waals surface area contributed by atoms with E-state index in [4.69, 9.17) is 10.00 Å². The van der Waals surface area contributed by atoms with Crippen LogP contribution in [0, 0.1) is 16.7 Å².